The molecule has 13 nitrogen and oxygen atoms in total. The molecule has 0 saturated carbocycles. The molecule has 0 aliphatic heterocycles. The first kappa shape index (κ1) is 771. The largest absolute Gasteiger partial charge is 3.00 e. The molecule has 0 aliphatic rings. The van der Waals surface area contributed by atoms with Crippen molar-refractivity contribution in [2.24, 2.45) is 0 Å². The minimum Gasteiger partial charge on any atom is -2.00 e. The molecule has 0 saturated heterocycles. The summed E-state index contributed by atoms with van der Waals surface area (Å²) in [4.78, 5) is 0. The fraction of sp³-hybridized carbons (Fsp3) is 0. The van der Waals surface area contributed by atoms with Gasteiger partial charge in [0, 0.05) is 0 Å². The van der Waals surface area contributed by atoms with E-state index in [-0.39, 0.29) is 216 Å². The summed E-state index contributed by atoms with van der Waals surface area (Å²) in [5.74, 6) is 0. The first-order valence-electron chi connectivity index (χ1n) is 0. The Labute approximate surface area is 212 Å². The summed E-state index contributed by atoms with van der Waals surface area (Å²) in [5.41, 5.74) is 0. The molecule has 0 rings (SSSR count). The summed E-state index contributed by atoms with van der Waals surface area (Å²) in [6.45, 7) is 0. The molecule has 5 radical (unpaired) electrons. The molecule has 129 valence electrons. The van der Waals surface area contributed by atoms with Crippen molar-refractivity contribution in [2.75, 3.05) is 0 Å². The molecule has 20 heavy (non-hydrogen) atoms. The first-order valence-corrected chi connectivity index (χ1v) is 0. The van der Waals surface area contributed by atoms with Gasteiger partial charge in [-0.25, -0.2) is 0 Å². The third-order valence-corrected chi connectivity index (χ3v) is 0. The average Bonchev–Trinajstić information content (AvgIpc) is 0. The monoisotopic (exact) mass is 543 g/mol. The Bertz CT molecular complexity index is 24.7. The van der Waals surface area contributed by atoms with E-state index in [0.29, 0.717) is 0 Å². The summed E-state index contributed by atoms with van der Waals surface area (Å²) in [6, 6.07) is 0. The van der Waals surface area contributed by atoms with Crippen LogP contribution in [0.25, 0.3) is 0 Å². The van der Waals surface area contributed by atoms with Crippen LogP contribution in [0.15, 0.2) is 0 Å². The third-order valence-electron chi connectivity index (χ3n) is 0. The molecule has 9 N–H and O–H groups in total. The van der Waals surface area contributed by atoms with Gasteiger partial charge in [0.05, 0.1) is 0 Å². The van der Waals surface area contributed by atoms with Gasteiger partial charge in [0.1, 0.15) is 0 Å². The zero-order valence-electron chi connectivity index (χ0n) is 9.48. The van der Waals surface area contributed by atoms with Gasteiger partial charge in [-0.3, -0.25) is 0 Å². The van der Waals surface area contributed by atoms with Crippen molar-refractivity contribution in [3.63, 3.8) is 0 Å². The zero-order chi connectivity index (χ0) is 0. The zero-order valence-corrected chi connectivity index (χ0v) is 19.0. The van der Waals surface area contributed by atoms with E-state index in [4.69, 9.17) is 0 Å². The van der Waals surface area contributed by atoms with Crippen LogP contribution in [0.1, 0.15) is 0 Å². The normalized spacial score (nSPS) is 0. The second-order valence-electron chi connectivity index (χ2n) is 0. The van der Waals surface area contributed by atoms with E-state index in [2.05, 4.69) is 0 Å². The van der Waals surface area contributed by atoms with E-state index in [9.17, 15) is 0 Å². The molecule has 0 aromatic heterocycles. The Morgan fingerprint density at radius 3 is 0.250 bits per heavy atom. The van der Waals surface area contributed by atoms with Crippen LogP contribution in [0, 0.1) is 0 Å². The molecule has 20 heteroatoms. The van der Waals surface area contributed by atoms with E-state index >= 15 is 0 Å². The minimum absolute atomic E-state index is 0. The standard InChI is InChI=1S/5Fe.2Na.5H2O.8O/h;;;;;;;5*1H2;;;;;;;;/q5*+3;2*+1;;;;;;8*-2/p-1. The maximum Gasteiger partial charge on any atom is 3.00 e. The average molecular weight is 542 g/mol. The van der Waals surface area contributed by atoms with E-state index in [1.807, 2.05) is 0 Å². The van der Waals surface area contributed by atoms with Gasteiger partial charge in [-0.2, -0.15) is 0 Å². The summed E-state index contributed by atoms with van der Waals surface area (Å²) < 4.78 is 0. The Balaban J connectivity index is 0. The quantitative estimate of drug-likeness (QED) is 0.264. The molecule has 0 heterocycles. The van der Waals surface area contributed by atoms with Crippen LogP contribution < -0.4 is 59.1 Å². The smallest absolute Gasteiger partial charge is 2.00 e. The van der Waals surface area contributed by atoms with Gasteiger partial charge in [-0.05, 0) is 0 Å². The third kappa shape index (κ3) is 590. The van der Waals surface area contributed by atoms with Crippen molar-refractivity contribution >= 4 is 0 Å². The molecule has 0 bridgehead atoms. The van der Waals surface area contributed by atoms with E-state index in [1.54, 1.807) is 0 Å². The van der Waals surface area contributed by atoms with Gasteiger partial charge in [-0.15, -0.1) is 0 Å². The van der Waals surface area contributed by atoms with Crippen LogP contribution in [-0.2, 0) is 129 Å². The van der Waals surface area contributed by atoms with Gasteiger partial charge >= 0.3 is 144 Å². The molecule has 0 unspecified atom stereocenters. The van der Waals surface area contributed by atoms with Gasteiger partial charge in [0.15, 0.2) is 0 Å². The molecule has 0 atom stereocenters. The summed E-state index contributed by atoms with van der Waals surface area (Å²) >= 11 is 0. The molecule has 0 aromatic carbocycles. The molecule has 0 aromatic rings. The summed E-state index contributed by atoms with van der Waals surface area (Å²) in [5, 5.41) is 0. The van der Waals surface area contributed by atoms with Crippen molar-refractivity contribution in [3.8, 4) is 0 Å². The Morgan fingerprint density at radius 2 is 0.250 bits per heavy atom. The maximum atomic E-state index is 0. The van der Waals surface area contributed by atoms with Gasteiger partial charge in [0.25, 0.3) is 0 Å². The second-order valence-corrected chi connectivity index (χ2v) is 0. The van der Waals surface area contributed by atoms with E-state index < -0.39 is 0 Å². The van der Waals surface area contributed by atoms with Gasteiger partial charge in [-0.1, -0.05) is 0 Å². The summed E-state index contributed by atoms with van der Waals surface area (Å²) in [6.07, 6.45) is 0. The summed E-state index contributed by atoms with van der Waals surface area (Å²) in [7, 11) is 0. The molecule has 0 fully saturated rings. The number of hydrogen-bond donors (Lipinski definition) is 0. The van der Waals surface area contributed by atoms with Crippen LogP contribution in [-0.4, -0.2) is 27.4 Å². The Morgan fingerprint density at radius 1 is 0.250 bits per heavy atom. The van der Waals surface area contributed by atoms with Crippen LogP contribution in [0.3, 0.4) is 0 Å². The van der Waals surface area contributed by atoms with Crippen LogP contribution in [0.4, 0.5) is 0 Å². The van der Waals surface area contributed by atoms with Gasteiger partial charge < -0.3 is 71.2 Å². The predicted molar refractivity (Wildman–Crippen MR) is 21.9 cm³/mol. The van der Waals surface area contributed by atoms with Crippen molar-refractivity contribution in [2.45, 2.75) is 0 Å². The van der Waals surface area contributed by atoms with E-state index in [1.165, 1.54) is 0 Å². The van der Waals surface area contributed by atoms with E-state index in [0.717, 1.165) is 0 Å². The Kier molecular flexibility index (Phi) is 26100. The molecular formula is H9Fe5Na2O13. The molecule has 0 amide bonds. The van der Waals surface area contributed by atoms with Crippen molar-refractivity contribution in [3.05, 3.63) is 0 Å². The predicted octanol–water partition coefficient (Wildman–Crippen LogP) is -10.4. The van der Waals surface area contributed by atoms with Crippen LogP contribution >= 0.6 is 0 Å². The SMILES string of the molecule is O.O.O.O.[Fe+3].[Fe+3].[Fe+3].[Fe+3].[Fe+3].[Na+].[Na+].[O-2].[O-2].[O-2].[O-2].[O-2].[O-2].[O-2].[O-2].[OH-]. The topological polar surface area (TPSA) is 384 Å². The number of rotatable bonds is 0. The molecule has 0 aliphatic carbocycles. The van der Waals surface area contributed by atoms with Crippen molar-refractivity contribution in [1.82, 2.24) is 0 Å². The molecule has 0 spiro atoms. The first-order chi connectivity index (χ1) is 0. The van der Waals surface area contributed by atoms with Crippen LogP contribution in [0.2, 0.25) is 0 Å². The maximum absolute atomic E-state index is 0. The van der Waals surface area contributed by atoms with Crippen molar-refractivity contribution < 1.29 is 216 Å². The fourth-order valence-corrected chi connectivity index (χ4v) is 0. The fourth-order valence-electron chi connectivity index (χ4n) is 0. The minimum atomic E-state index is 0. The number of hydrogen-bond acceptors (Lipinski definition) is 1. The van der Waals surface area contributed by atoms with Crippen molar-refractivity contribution in [1.29, 1.82) is 0 Å². The Hall–Kier alpha value is 4.08. The second kappa shape index (κ2) is 677. The molecular weight excluding hydrogens is 533 g/mol. The van der Waals surface area contributed by atoms with Gasteiger partial charge in [0.2, 0.25) is 0 Å². The van der Waals surface area contributed by atoms with Crippen LogP contribution in [0.5, 0.6) is 0 Å².